The van der Waals surface area contributed by atoms with E-state index in [1.807, 2.05) is 18.5 Å². The third kappa shape index (κ3) is 3.44. The smallest absolute Gasteiger partial charge is 0.322 e. The van der Waals surface area contributed by atoms with Crippen LogP contribution in [0, 0.1) is 13.8 Å². The highest BCUT2D eigenvalue weighted by atomic mass is 16.2. The fourth-order valence-electron chi connectivity index (χ4n) is 2.62. The first-order valence-corrected chi connectivity index (χ1v) is 7.33. The Morgan fingerprint density at radius 1 is 1.36 bits per heavy atom. The summed E-state index contributed by atoms with van der Waals surface area (Å²) < 4.78 is 1.87. The maximum absolute atomic E-state index is 11.8. The number of amides is 4. The molecule has 1 aromatic heterocycles. The van der Waals surface area contributed by atoms with Crippen LogP contribution in [0.2, 0.25) is 0 Å². The summed E-state index contributed by atoms with van der Waals surface area (Å²) in [6, 6.07) is -1.34. The Kier molecular flexibility index (Phi) is 4.79. The Bertz CT molecular complexity index is 608. The number of carbonyl (C=O) groups excluding carboxylic acids is 3. The van der Waals surface area contributed by atoms with Crippen LogP contribution in [-0.4, -0.2) is 40.2 Å². The zero-order valence-corrected chi connectivity index (χ0v) is 13.0. The Morgan fingerprint density at radius 2 is 2.09 bits per heavy atom. The van der Waals surface area contributed by atoms with Crippen molar-refractivity contribution < 1.29 is 14.4 Å². The zero-order chi connectivity index (χ0) is 16.3. The minimum Gasteiger partial charge on any atom is -0.354 e. The molecule has 8 heteroatoms. The number of urea groups is 1. The molecule has 2 rings (SSSR count). The number of nitrogens with one attached hydrogen (secondary N) is 3. The van der Waals surface area contributed by atoms with Gasteiger partial charge in [-0.2, -0.15) is 5.10 Å². The quantitative estimate of drug-likeness (QED) is 0.632. The molecule has 0 unspecified atom stereocenters. The number of carbonyl (C=O) groups is 3. The molecule has 1 saturated heterocycles. The molecule has 0 spiro atoms. The van der Waals surface area contributed by atoms with Gasteiger partial charge >= 0.3 is 6.03 Å². The minimum atomic E-state index is -0.784. The average molecular weight is 307 g/mol. The molecule has 4 amide bonds. The summed E-state index contributed by atoms with van der Waals surface area (Å²) in [5, 5.41) is 11.7. The third-order valence-electron chi connectivity index (χ3n) is 3.78. The van der Waals surface area contributed by atoms with E-state index in [1.165, 1.54) is 5.56 Å². The van der Waals surface area contributed by atoms with E-state index in [4.69, 9.17) is 0 Å². The van der Waals surface area contributed by atoms with E-state index in [0.717, 1.165) is 17.8 Å². The van der Waals surface area contributed by atoms with Crippen molar-refractivity contribution >= 4 is 17.8 Å². The zero-order valence-electron chi connectivity index (χ0n) is 13.0. The number of hydrogen-bond acceptors (Lipinski definition) is 4. The van der Waals surface area contributed by atoms with E-state index in [0.29, 0.717) is 13.1 Å². The Labute approximate surface area is 128 Å². The van der Waals surface area contributed by atoms with Crippen molar-refractivity contribution in [3.63, 3.8) is 0 Å². The highest BCUT2D eigenvalue weighted by Gasteiger charge is 2.31. The summed E-state index contributed by atoms with van der Waals surface area (Å²) in [6.45, 7) is 7.07. The molecular weight excluding hydrogens is 286 g/mol. The first-order chi connectivity index (χ1) is 10.4. The molecule has 0 aromatic carbocycles. The van der Waals surface area contributed by atoms with Crippen LogP contribution in [-0.2, 0) is 22.6 Å². The number of aromatic nitrogens is 2. The van der Waals surface area contributed by atoms with Crippen LogP contribution in [0.4, 0.5) is 4.79 Å². The lowest BCUT2D eigenvalue weighted by Crippen LogP contribution is -2.37. The third-order valence-corrected chi connectivity index (χ3v) is 3.78. The monoisotopic (exact) mass is 307 g/mol. The lowest BCUT2D eigenvalue weighted by Gasteiger charge is -2.09. The van der Waals surface area contributed by atoms with Crippen molar-refractivity contribution in [1.29, 1.82) is 0 Å². The molecule has 0 aliphatic carbocycles. The van der Waals surface area contributed by atoms with Gasteiger partial charge in [0.05, 0.1) is 18.7 Å². The Balaban J connectivity index is 1.80. The second-order valence-electron chi connectivity index (χ2n) is 5.30. The molecule has 120 valence electrons. The predicted molar refractivity (Wildman–Crippen MR) is 79.2 cm³/mol. The molecule has 1 aliphatic heterocycles. The SMILES string of the molecule is CCc1c(C)nn(CCNC(=O)C[C@H]2NC(=O)NC2=O)c1C. The van der Waals surface area contributed by atoms with Gasteiger partial charge < -0.3 is 10.6 Å². The van der Waals surface area contributed by atoms with Gasteiger partial charge in [0.15, 0.2) is 0 Å². The van der Waals surface area contributed by atoms with Crippen LogP contribution in [0.15, 0.2) is 0 Å². The summed E-state index contributed by atoms with van der Waals surface area (Å²) in [4.78, 5) is 34.1. The fraction of sp³-hybridized carbons (Fsp3) is 0.571. The summed E-state index contributed by atoms with van der Waals surface area (Å²) in [7, 11) is 0. The highest BCUT2D eigenvalue weighted by Crippen LogP contribution is 2.12. The van der Waals surface area contributed by atoms with Crippen molar-refractivity contribution in [2.45, 2.75) is 46.2 Å². The molecule has 1 aliphatic rings. The topological polar surface area (TPSA) is 105 Å². The number of aryl methyl sites for hydroxylation is 1. The minimum absolute atomic E-state index is 0.0606. The van der Waals surface area contributed by atoms with Crippen molar-refractivity contribution in [1.82, 2.24) is 25.7 Å². The van der Waals surface area contributed by atoms with Gasteiger partial charge in [0.2, 0.25) is 5.91 Å². The van der Waals surface area contributed by atoms with Gasteiger partial charge in [0, 0.05) is 12.2 Å². The molecule has 3 N–H and O–H groups in total. The molecule has 0 bridgehead atoms. The second-order valence-corrected chi connectivity index (χ2v) is 5.30. The second kappa shape index (κ2) is 6.59. The van der Waals surface area contributed by atoms with E-state index in [-0.39, 0.29) is 12.3 Å². The van der Waals surface area contributed by atoms with Crippen LogP contribution < -0.4 is 16.0 Å². The first kappa shape index (κ1) is 16.0. The van der Waals surface area contributed by atoms with Gasteiger partial charge in [0.1, 0.15) is 6.04 Å². The number of nitrogens with zero attached hydrogens (tertiary/aromatic N) is 2. The summed E-state index contributed by atoms with van der Waals surface area (Å²) >= 11 is 0. The van der Waals surface area contributed by atoms with Gasteiger partial charge in [-0.25, -0.2) is 4.79 Å². The standard InChI is InChI=1S/C14H21N5O3/c1-4-10-8(2)18-19(9(10)3)6-5-15-12(20)7-11-13(21)17-14(22)16-11/h11H,4-7H2,1-3H3,(H,15,20)(H2,16,17,21,22)/t11-/m1/s1. The van der Waals surface area contributed by atoms with Crippen LogP contribution >= 0.6 is 0 Å². The molecule has 8 nitrogen and oxygen atoms in total. The van der Waals surface area contributed by atoms with Gasteiger partial charge in [0.25, 0.3) is 5.91 Å². The first-order valence-electron chi connectivity index (χ1n) is 7.33. The maximum atomic E-state index is 11.8. The van der Waals surface area contributed by atoms with E-state index in [1.54, 1.807) is 0 Å². The highest BCUT2D eigenvalue weighted by molar-refractivity contribution is 6.05. The van der Waals surface area contributed by atoms with Gasteiger partial charge in [-0.15, -0.1) is 0 Å². The van der Waals surface area contributed by atoms with Crippen LogP contribution in [0.1, 0.15) is 30.3 Å². The van der Waals surface area contributed by atoms with Gasteiger partial charge in [-0.3, -0.25) is 19.6 Å². The van der Waals surface area contributed by atoms with Crippen molar-refractivity contribution in [2.24, 2.45) is 0 Å². The van der Waals surface area contributed by atoms with Crippen molar-refractivity contribution in [3.8, 4) is 0 Å². The van der Waals surface area contributed by atoms with Gasteiger partial charge in [-0.05, 0) is 25.8 Å². The van der Waals surface area contributed by atoms with E-state index < -0.39 is 18.0 Å². The molecule has 0 radical (unpaired) electrons. The van der Waals surface area contributed by atoms with E-state index >= 15 is 0 Å². The number of rotatable bonds is 6. The molecule has 2 heterocycles. The predicted octanol–water partition coefficient (Wildman–Crippen LogP) is -0.223. The molecule has 1 aromatic rings. The van der Waals surface area contributed by atoms with Crippen LogP contribution in [0.25, 0.3) is 0 Å². The summed E-state index contributed by atoms with van der Waals surface area (Å²) in [6.07, 6.45) is 0.870. The lowest BCUT2D eigenvalue weighted by atomic mass is 10.1. The van der Waals surface area contributed by atoms with E-state index in [9.17, 15) is 14.4 Å². The normalized spacial score (nSPS) is 17.3. The van der Waals surface area contributed by atoms with E-state index in [2.05, 4.69) is 28.0 Å². The summed E-state index contributed by atoms with van der Waals surface area (Å²) in [5.41, 5.74) is 3.35. The molecule has 1 atom stereocenters. The molecule has 0 saturated carbocycles. The molecule has 22 heavy (non-hydrogen) atoms. The number of imide groups is 1. The number of hydrogen-bond donors (Lipinski definition) is 3. The lowest BCUT2D eigenvalue weighted by molar-refractivity contribution is -0.126. The molecule has 1 fully saturated rings. The van der Waals surface area contributed by atoms with Gasteiger partial charge in [-0.1, -0.05) is 6.92 Å². The Hall–Kier alpha value is -2.38. The Morgan fingerprint density at radius 3 is 2.64 bits per heavy atom. The van der Waals surface area contributed by atoms with Crippen molar-refractivity contribution in [2.75, 3.05) is 6.54 Å². The largest absolute Gasteiger partial charge is 0.354 e. The average Bonchev–Trinajstić information content (AvgIpc) is 2.89. The maximum Gasteiger partial charge on any atom is 0.322 e. The van der Waals surface area contributed by atoms with Crippen LogP contribution in [0.5, 0.6) is 0 Å². The van der Waals surface area contributed by atoms with Crippen molar-refractivity contribution in [3.05, 3.63) is 17.0 Å². The fourth-order valence-corrected chi connectivity index (χ4v) is 2.62. The van der Waals surface area contributed by atoms with Crippen LogP contribution in [0.3, 0.4) is 0 Å². The molecular formula is C14H21N5O3. The summed E-state index contributed by atoms with van der Waals surface area (Å²) in [5.74, 6) is -0.745.